The van der Waals surface area contributed by atoms with Crippen molar-refractivity contribution in [3.05, 3.63) is 51.2 Å². The highest BCUT2D eigenvalue weighted by Gasteiger charge is 2.15. The fourth-order valence-electron chi connectivity index (χ4n) is 1.58. The largest absolute Gasteiger partial charge is 0.508 e. The smallest absolute Gasteiger partial charge is 0.257 e. The second-order valence-electron chi connectivity index (χ2n) is 3.97. The Morgan fingerprint density at radius 2 is 2.05 bits per heavy atom. The van der Waals surface area contributed by atoms with Gasteiger partial charge in [-0.2, -0.15) is 0 Å². The maximum Gasteiger partial charge on any atom is 0.257 e. The minimum Gasteiger partial charge on any atom is -0.508 e. The average molecular weight is 360 g/mol. The SMILES string of the molecule is Nc1ccc(O)cc1C(=O)Nc1c(Cl)cc(F)cc1Br. The van der Waals surface area contributed by atoms with Crippen LogP contribution < -0.4 is 11.1 Å². The summed E-state index contributed by atoms with van der Waals surface area (Å²) in [4.78, 5) is 12.1. The molecule has 7 heteroatoms. The third kappa shape index (κ3) is 3.02. The second kappa shape index (κ2) is 5.68. The number of phenols is 1. The van der Waals surface area contributed by atoms with Crippen LogP contribution in [0.3, 0.4) is 0 Å². The first kappa shape index (κ1) is 14.6. The van der Waals surface area contributed by atoms with Crippen molar-refractivity contribution < 1.29 is 14.3 Å². The number of nitrogens with two attached hydrogens (primary N) is 1. The third-order valence-electron chi connectivity index (χ3n) is 2.53. The van der Waals surface area contributed by atoms with Crippen LogP contribution >= 0.6 is 27.5 Å². The maximum absolute atomic E-state index is 13.1. The van der Waals surface area contributed by atoms with E-state index in [4.69, 9.17) is 17.3 Å². The summed E-state index contributed by atoms with van der Waals surface area (Å²) in [6.07, 6.45) is 0. The van der Waals surface area contributed by atoms with Crippen molar-refractivity contribution in [2.45, 2.75) is 0 Å². The van der Waals surface area contributed by atoms with Crippen LogP contribution in [0.25, 0.3) is 0 Å². The number of hydrogen-bond acceptors (Lipinski definition) is 3. The van der Waals surface area contributed by atoms with E-state index in [1.54, 1.807) is 0 Å². The van der Waals surface area contributed by atoms with Gasteiger partial charge in [-0.05, 0) is 46.3 Å². The number of aromatic hydroxyl groups is 1. The summed E-state index contributed by atoms with van der Waals surface area (Å²) in [6.45, 7) is 0. The van der Waals surface area contributed by atoms with Crippen molar-refractivity contribution in [3.8, 4) is 5.75 Å². The van der Waals surface area contributed by atoms with Crippen LogP contribution in [-0.2, 0) is 0 Å². The number of nitrogens with one attached hydrogen (secondary N) is 1. The maximum atomic E-state index is 13.1. The summed E-state index contributed by atoms with van der Waals surface area (Å²) < 4.78 is 13.4. The number of rotatable bonds is 2. The second-order valence-corrected chi connectivity index (χ2v) is 5.23. The van der Waals surface area contributed by atoms with Gasteiger partial charge in [0.05, 0.1) is 16.3 Å². The Morgan fingerprint density at radius 3 is 2.70 bits per heavy atom. The molecule has 0 radical (unpaired) electrons. The molecule has 0 fully saturated rings. The molecule has 0 heterocycles. The predicted molar refractivity (Wildman–Crippen MR) is 79.6 cm³/mol. The Kier molecular flexibility index (Phi) is 4.15. The van der Waals surface area contributed by atoms with Gasteiger partial charge in [-0.15, -0.1) is 0 Å². The topological polar surface area (TPSA) is 75.3 Å². The zero-order chi connectivity index (χ0) is 14.9. The predicted octanol–water partition coefficient (Wildman–Crippen LogP) is 3.78. The zero-order valence-corrected chi connectivity index (χ0v) is 12.3. The lowest BCUT2D eigenvalue weighted by Gasteiger charge is -2.11. The van der Waals surface area contributed by atoms with Crippen LogP contribution in [-0.4, -0.2) is 11.0 Å². The van der Waals surface area contributed by atoms with Crippen LogP contribution in [0.4, 0.5) is 15.8 Å². The van der Waals surface area contributed by atoms with E-state index in [-0.39, 0.29) is 27.7 Å². The molecule has 4 nitrogen and oxygen atoms in total. The summed E-state index contributed by atoms with van der Waals surface area (Å²) in [5.41, 5.74) is 6.19. The van der Waals surface area contributed by atoms with Crippen LogP contribution in [0.5, 0.6) is 5.75 Å². The summed E-state index contributed by atoms with van der Waals surface area (Å²) >= 11 is 8.98. The fourth-order valence-corrected chi connectivity index (χ4v) is 2.48. The molecule has 1 amide bonds. The van der Waals surface area contributed by atoms with Gasteiger partial charge in [0.25, 0.3) is 5.91 Å². The van der Waals surface area contributed by atoms with Gasteiger partial charge < -0.3 is 16.2 Å². The molecule has 2 aromatic rings. The molecular formula is C13H9BrClFN2O2. The molecule has 2 rings (SSSR count). The number of nitrogen functional groups attached to an aromatic ring is 1. The molecule has 0 saturated carbocycles. The molecule has 0 aromatic heterocycles. The number of anilines is 2. The van der Waals surface area contributed by atoms with Crippen molar-refractivity contribution in [2.75, 3.05) is 11.1 Å². The van der Waals surface area contributed by atoms with Gasteiger partial charge in [0.1, 0.15) is 11.6 Å². The lowest BCUT2D eigenvalue weighted by atomic mass is 10.1. The highest BCUT2D eigenvalue weighted by molar-refractivity contribution is 9.10. The fraction of sp³-hybridized carbons (Fsp3) is 0. The minimum absolute atomic E-state index is 0.0453. The molecule has 0 unspecified atom stereocenters. The van der Waals surface area contributed by atoms with E-state index in [2.05, 4.69) is 21.2 Å². The van der Waals surface area contributed by atoms with Crippen molar-refractivity contribution in [3.63, 3.8) is 0 Å². The molecule has 104 valence electrons. The van der Waals surface area contributed by atoms with E-state index in [0.29, 0.717) is 4.47 Å². The van der Waals surface area contributed by atoms with E-state index in [1.807, 2.05) is 0 Å². The van der Waals surface area contributed by atoms with Crippen molar-refractivity contribution in [2.24, 2.45) is 0 Å². The molecule has 20 heavy (non-hydrogen) atoms. The molecular weight excluding hydrogens is 351 g/mol. The number of phenolic OH excluding ortho intramolecular Hbond substituents is 1. The normalized spacial score (nSPS) is 10.3. The van der Waals surface area contributed by atoms with Gasteiger partial charge in [-0.3, -0.25) is 4.79 Å². The molecule has 2 aromatic carbocycles. The van der Waals surface area contributed by atoms with Crippen LogP contribution in [0.15, 0.2) is 34.8 Å². The van der Waals surface area contributed by atoms with Crippen LogP contribution in [0.2, 0.25) is 5.02 Å². The number of halogens is 3. The quantitative estimate of drug-likeness (QED) is 0.564. The lowest BCUT2D eigenvalue weighted by molar-refractivity contribution is 0.102. The number of hydrogen-bond donors (Lipinski definition) is 3. The standard InChI is InChI=1S/C13H9BrClFN2O2/c14-9-3-6(16)4-10(15)12(9)18-13(20)8-5-7(19)1-2-11(8)17/h1-5,19H,17H2,(H,18,20). The van der Waals surface area contributed by atoms with Crippen molar-refractivity contribution in [1.29, 1.82) is 0 Å². The Labute approximate surface area is 127 Å². The monoisotopic (exact) mass is 358 g/mol. The first-order chi connectivity index (χ1) is 9.38. The molecule has 4 N–H and O–H groups in total. The Morgan fingerprint density at radius 1 is 1.35 bits per heavy atom. The summed E-state index contributed by atoms with van der Waals surface area (Å²) in [6, 6.07) is 6.26. The van der Waals surface area contributed by atoms with Crippen LogP contribution in [0.1, 0.15) is 10.4 Å². The van der Waals surface area contributed by atoms with Crippen molar-refractivity contribution >= 4 is 44.8 Å². The first-order valence-corrected chi connectivity index (χ1v) is 6.60. The highest BCUT2D eigenvalue weighted by atomic mass is 79.9. The summed E-state index contributed by atoms with van der Waals surface area (Å²) in [5.74, 6) is -1.18. The molecule has 0 aliphatic carbocycles. The molecule has 0 atom stereocenters. The molecule has 0 saturated heterocycles. The van der Waals surface area contributed by atoms with E-state index in [1.165, 1.54) is 24.3 Å². The number of carbonyl (C=O) groups excluding carboxylic acids is 1. The Hall–Kier alpha value is -1.79. The summed E-state index contributed by atoms with van der Waals surface area (Å²) in [7, 11) is 0. The minimum atomic E-state index is -0.562. The lowest BCUT2D eigenvalue weighted by Crippen LogP contribution is -2.14. The van der Waals surface area contributed by atoms with E-state index in [0.717, 1.165) is 6.07 Å². The average Bonchev–Trinajstić information content (AvgIpc) is 2.36. The molecule has 0 aliphatic heterocycles. The summed E-state index contributed by atoms with van der Waals surface area (Å²) in [5, 5.41) is 11.9. The zero-order valence-electron chi connectivity index (χ0n) is 9.95. The Bertz CT molecular complexity index is 671. The van der Waals surface area contributed by atoms with Gasteiger partial charge in [-0.1, -0.05) is 11.6 Å². The van der Waals surface area contributed by atoms with Gasteiger partial charge in [-0.25, -0.2) is 4.39 Å². The number of amides is 1. The van der Waals surface area contributed by atoms with E-state index < -0.39 is 11.7 Å². The van der Waals surface area contributed by atoms with Gasteiger partial charge in [0, 0.05) is 10.2 Å². The van der Waals surface area contributed by atoms with E-state index in [9.17, 15) is 14.3 Å². The van der Waals surface area contributed by atoms with Crippen LogP contribution in [0, 0.1) is 5.82 Å². The number of benzene rings is 2. The number of carbonyl (C=O) groups is 1. The van der Waals surface area contributed by atoms with E-state index >= 15 is 0 Å². The van der Waals surface area contributed by atoms with Gasteiger partial charge in [0.2, 0.25) is 0 Å². The van der Waals surface area contributed by atoms with Gasteiger partial charge in [0.15, 0.2) is 0 Å². The van der Waals surface area contributed by atoms with Gasteiger partial charge >= 0.3 is 0 Å². The molecule has 0 bridgehead atoms. The molecule has 0 spiro atoms. The molecule has 0 aliphatic rings. The highest BCUT2D eigenvalue weighted by Crippen LogP contribution is 2.32. The Balaban J connectivity index is 2.35. The van der Waals surface area contributed by atoms with Crippen molar-refractivity contribution in [1.82, 2.24) is 0 Å². The first-order valence-electron chi connectivity index (χ1n) is 5.43. The third-order valence-corrected chi connectivity index (χ3v) is 3.45.